The molecular weight excluding hydrogens is 594 g/mol. The van der Waals surface area contributed by atoms with Crippen LogP contribution in [0.25, 0.3) is 27.6 Å². The monoisotopic (exact) mass is 623 g/mol. The predicted molar refractivity (Wildman–Crippen MR) is 155 cm³/mol. The van der Waals surface area contributed by atoms with Crippen molar-refractivity contribution in [3.63, 3.8) is 0 Å². The van der Waals surface area contributed by atoms with Gasteiger partial charge in [-0.3, -0.25) is 14.7 Å². The average Bonchev–Trinajstić information content (AvgIpc) is 3.52. The van der Waals surface area contributed by atoms with Crippen LogP contribution in [0, 0.1) is 11.8 Å². The number of nitrogens with zero attached hydrogens (tertiary/aromatic N) is 7. The molecule has 3 aromatic heterocycles. The standard InChI is InChI=1S/C28H30BrN7O3S/c29-26-23-15-31-25(32-27(23)36(33-26)21-5-6-24-19(14-21)2-1-7-30-24)13-18-3-4-20(12-18)28(37)35-16-22(17-35)34-8-10-40(38,39)11-9-34/h1-2,5-7,14-15,18,20,22H,3-4,8-13,16-17H2/t18-,20-/m1/s1. The summed E-state index contributed by atoms with van der Waals surface area (Å²) < 4.78 is 26.0. The van der Waals surface area contributed by atoms with Gasteiger partial charge in [-0.2, -0.15) is 5.10 Å². The van der Waals surface area contributed by atoms with E-state index < -0.39 is 9.84 Å². The zero-order valence-corrected chi connectivity index (χ0v) is 24.4. The molecule has 1 amide bonds. The zero-order valence-electron chi connectivity index (χ0n) is 22.0. The molecule has 0 N–H and O–H groups in total. The lowest BCUT2D eigenvalue weighted by Gasteiger charge is -2.47. The van der Waals surface area contributed by atoms with Gasteiger partial charge in [-0.15, -0.1) is 0 Å². The van der Waals surface area contributed by atoms with Gasteiger partial charge in [-0.05, 0) is 65.4 Å². The first-order valence-corrected chi connectivity index (χ1v) is 16.4. The second-order valence-electron chi connectivity index (χ2n) is 11.3. The molecule has 0 unspecified atom stereocenters. The molecular formula is C28H30BrN7O3S. The molecule has 0 spiro atoms. The molecule has 0 radical (unpaired) electrons. The highest BCUT2D eigenvalue weighted by atomic mass is 79.9. The Morgan fingerprint density at radius 3 is 2.73 bits per heavy atom. The van der Waals surface area contributed by atoms with Crippen molar-refractivity contribution < 1.29 is 13.2 Å². The Morgan fingerprint density at radius 1 is 1.07 bits per heavy atom. The third kappa shape index (κ3) is 4.90. The average molecular weight is 625 g/mol. The smallest absolute Gasteiger partial charge is 0.225 e. The lowest BCUT2D eigenvalue weighted by molar-refractivity contribution is -0.143. The number of fused-ring (bicyclic) bond motifs is 2. The number of carbonyl (C=O) groups excluding carboxylic acids is 1. The second-order valence-corrected chi connectivity index (χ2v) is 14.3. The quantitative estimate of drug-likeness (QED) is 0.333. The topological polar surface area (TPSA) is 114 Å². The molecule has 40 heavy (non-hydrogen) atoms. The fourth-order valence-electron chi connectivity index (χ4n) is 6.34. The Labute approximate surface area is 240 Å². The number of benzene rings is 1. The molecule has 10 nitrogen and oxygen atoms in total. The molecule has 12 heteroatoms. The molecule has 1 aromatic carbocycles. The van der Waals surface area contributed by atoms with Crippen molar-refractivity contribution in [1.82, 2.24) is 34.5 Å². The van der Waals surface area contributed by atoms with Crippen LogP contribution in [0.1, 0.15) is 25.1 Å². The molecule has 4 aromatic rings. The van der Waals surface area contributed by atoms with Gasteiger partial charge in [-0.25, -0.2) is 23.1 Å². The number of hydrogen-bond acceptors (Lipinski definition) is 8. The van der Waals surface area contributed by atoms with Crippen LogP contribution < -0.4 is 0 Å². The largest absolute Gasteiger partial charge is 0.339 e. The number of halogens is 1. The van der Waals surface area contributed by atoms with Crippen molar-refractivity contribution in [2.24, 2.45) is 11.8 Å². The molecule has 208 valence electrons. The first-order chi connectivity index (χ1) is 19.3. The highest BCUT2D eigenvalue weighted by Gasteiger charge is 2.41. The third-order valence-electron chi connectivity index (χ3n) is 8.69. The highest BCUT2D eigenvalue weighted by Crippen LogP contribution is 2.36. The van der Waals surface area contributed by atoms with Crippen molar-refractivity contribution >= 4 is 53.6 Å². The molecule has 3 fully saturated rings. The van der Waals surface area contributed by atoms with E-state index in [1.807, 2.05) is 40.0 Å². The lowest BCUT2D eigenvalue weighted by atomic mass is 9.98. The Balaban J connectivity index is 1.00. The van der Waals surface area contributed by atoms with E-state index in [4.69, 9.17) is 4.98 Å². The van der Waals surface area contributed by atoms with Gasteiger partial charge in [0.15, 0.2) is 15.5 Å². The number of carbonyl (C=O) groups is 1. The maximum atomic E-state index is 13.2. The minimum absolute atomic E-state index is 0.0438. The van der Waals surface area contributed by atoms with Gasteiger partial charge in [0.25, 0.3) is 0 Å². The van der Waals surface area contributed by atoms with Crippen molar-refractivity contribution in [2.45, 2.75) is 31.7 Å². The fraction of sp³-hybridized carbons (Fsp3) is 0.464. The van der Waals surface area contributed by atoms with E-state index in [1.54, 1.807) is 6.20 Å². The molecule has 2 saturated heterocycles. The highest BCUT2D eigenvalue weighted by molar-refractivity contribution is 9.10. The zero-order chi connectivity index (χ0) is 27.4. The molecule has 3 aliphatic rings. The predicted octanol–water partition coefficient (Wildman–Crippen LogP) is 3.03. The van der Waals surface area contributed by atoms with Crippen LogP contribution in [0.15, 0.2) is 47.3 Å². The maximum Gasteiger partial charge on any atom is 0.225 e. The van der Waals surface area contributed by atoms with Crippen molar-refractivity contribution in [3.05, 3.63) is 53.2 Å². The first kappa shape index (κ1) is 26.0. The van der Waals surface area contributed by atoms with E-state index in [1.165, 1.54) is 0 Å². The van der Waals surface area contributed by atoms with Crippen LogP contribution >= 0.6 is 15.9 Å². The number of amides is 1. The van der Waals surface area contributed by atoms with Crippen LogP contribution in [0.3, 0.4) is 0 Å². The Bertz CT molecular complexity index is 1710. The van der Waals surface area contributed by atoms with E-state index in [0.717, 1.165) is 59.1 Å². The summed E-state index contributed by atoms with van der Waals surface area (Å²) in [4.78, 5) is 31.3. The Hall–Kier alpha value is -2.96. The SMILES string of the molecule is O=C([C@@H]1CC[C@@H](Cc2ncc3c(Br)nn(-c4ccc5ncccc5c4)c3n2)C1)N1CC(N2CCS(=O)(=O)CC2)C1. The minimum atomic E-state index is -2.89. The maximum absolute atomic E-state index is 13.2. The number of sulfone groups is 1. The first-order valence-electron chi connectivity index (χ1n) is 13.8. The van der Waals surface area contributed by atoms with Crippen LogP contribution in [0.5, 0.6) is 0 Å². The van der Waals surface area contributed by atoms with E-state index in [-0.39, 0.29) is 23.3 Å². The summed E-state index contributed by atoms with van der Waals surface area (Å²) in [6.45, 7) is 2.59. The summed E-state index contributed by atoms with van der Waals surface area (Å²) >= 11 is 3.57. The summed E-state index contributed by atoms with van der Waals surface area (Å²) in [5, 5.41) is 6.57. The van der Waals surface area contributed by atoms with Gasteiger partial charge in [0.2, 0.25) is 5.91 Å². The van der Waals surface area contributed by atoms with Gasteiger partial charge in [0.05, 0.1) is 28.1 Å². The number of rotatable bonds is 5. The Kier molecular flexibility index (Phi) is 6.59. The molecule has 1 saturated carbocycles. The molecule has 7 rings (SSSR count). The molecule has 1 aliphatic carbocycles. The van der Waals surface area contributed by atoms with Crippen LogP contribution in [-0.2, 0) is 21.1 Å². The van der Waals surface area contributed by atoms with Gasteiger partial charge < -0.3 is 4.90 Å². The Morgan fingerprint density at radius 2 is 1.90 bits per heavy atom. The number of pyridine rings is 1. The molecule has 0 bridgehead atoms. The van der Waals surface area contributed by atoms with Gasteiger partial charge in [-0.1, -0.05) is 6.07 Å². The van der Waals surface area contributed by atoms with Gasteiger partial charge >= 0.3 is 0 Å². The molecule has 2 aliphatic heterocycles. The molecule has 5 heterocycles. The van der Waals surface area contributed by atoms with Crippen molar-refractivity contribution in [2.75, 3.05) is 37.7 Å². The third-order valence-corrected chi connectivity index (χ3v) is 10.9. The number of hydrogen-bond donors (Lipinski definition) is 0. The minimum Gasteiger partial charge on any atom is -0.339 e. The summed E-state index contributed by atoms with van der Waals surface area (Å²) in [6, 6.07) is 10.3. The van der Waals surface area contributed by atoms with Crippen molar-refractivity contribution in [3.8, 4) is 5.69 Å². The number of aromatic nitrogens is 5. The number of likely N-dealkylation sites (tertiary alicyclic amines) is 1. The summed E-state index contributed by atoms with van der Waals surface area (Å²) in [5.74, 6) is 1.88. The summed E-state index contributed by atoms with van der Waals surface area (Å²) in [5.41, 5.74) is 2.59. The van der Waals surface area contributed by atoms with Crippen LogP contribution in [0.4, 0.5) is 0 Å². The van der Waals surface area contributed by atoms with Crippen LogP contribution in [-0.4, -0.2) is 92.6 Å². The van der Waals surface area contributed by atoms with Gasteiger partial charge in [0.1, 0.15) is 10.4 Å². The second kappa shape index (κ2) is 10.1. The fourth-order valence-corrected chi connectivity index (χ4v) is 8.00. The van der Waals surface area contributed by atoms with E-state index in [2.05, 4.69) is 42.0 Å². The normalized spacial score (nSPS) is 23.6. The van der Waals surface area contributed by atoms with Gasteiger partial charge in [0, 0.05) is 62.3 Å². The summed E-state index contributed by atoms with van der Waals surface area (Å²) in [7, 11) is -2.89. The van der Waals surface area contributed by atoms with Crippen molar-refractivity contribution in [1.29, 1.82) is 0 Å². The van der Waals surface area contributed by atoms with Crippen LogP contribution in [0.2, 0.25) is 0 Å². The van der Waals surface area contributed by atoms with E-state index in [9.17, 15) is 13.2 Å². The molecule has 2 atom stereocenters. The summed E-state index contributed by atoms with van der Waals surface area (Å²) in [6.07, 6.45) is 7.08. The van der Waals surface area contributed by atoms with E-state index in [0.29, 0.717) is 42.7 Å². The lowest BCUT2D eigenvalue weighted by Crippen LogP contribution is -2.64. The van der Waals surface area contributed by atoms with E-state index >= 15 is 0 Å².